The van der Waals surface area contributed by atoms with Crippen LogP contribution in [0.15, 0.2) is 54.6 Å². The van der Waals surface area contributed by atoms with Crippen molar-refractivity contribution in [3.8, 4) is 5.75 Å². The van der Waals surface area contributed by atoms with Gasteiger partial charge in [-0.05, 0) is 35.2 Å². The van der Waals surface area contributed by atoms with E-state index in [1.54, 1.807) is 12.1 Å². The first-order valence-electron chi connectivity index (χ1n) is 8.58. The van der Waals surface area contributed by atoms with Crippen molar-refractivity contribution in [1.29, 1.82) is 0 Å². The largest absolute Gasteiger partial charge is 0.492 e. The summed E-state index contributed by atoms with van der Waals surface area (Å²) in [5.41, 5.74) is 1.58. The minimum absolute atomic E-state index is 0.0180. The predicted molar refractivity (Wildman–Crippen MR) is 100 cm³/mol. The Morgan fingerprint density at radius 3 is 2.23 bits per heavy atom. The van der Waals surface area contributed by atoms with Crippen LogP contribution < -0.4 is 10.1 Å². The number of carbonyl (C=O) groups is 2. The zero-order valence-electron chi connectivity index (χ0n) is 15.5. The number of ether oxygens (including phenoxy) is 2. The average Bonchev–Trinajstić information content (AvgIpc) is 2.63. The summed E-state index contributed by atoms with van der Waals surface area (Å²) < 4.78 is 10.5. The number of amides is 1. The molecule has 0 saturated carbocycles. The maximum atomic E-state index is 12.0. The summed E-state index contributed by atoms with van der Waals surface area (Å²) in [6, 6.07) is 16.6. The van der Waals surface area contributed by atoms with Crippen LogP contribution in [0.2, 0.25) is 0 Å². The normalized spacial score (nSPS) is 10.9. The second-order valence-corrected chi connectivity index (χ2v) is 6.91. The Labute approximate surface area is 154 Å². The molecule has 0 saturated heterocycles. The summed E-state index contributed by atoms with van der Waals surface area (Å²) >= 11 is 0. The number of rotatable bonds is 7. The summed E-state index contributed by atoms with van der Waals surface area (Å²) in [5.74, 6) is -0.130. The van der Waals surface area contributed by atoms with Crippen LogP contribution in [0, 0.1) is 0 Å². The SMILES string of the molecule is CC(C)(C)c1ccc(C(=O)OCC(=O)NCCOc2ccccc2)cc1. The highest BCUT2D eigenvalue weighted by molar-refractivity contribution is 5.91. The maximum absolute atomic E-state index is 12.0. The van der Waals surface area contributed by atoms with E-state index in [-0.39, 0.29) is 17.9 Å². The van der Waals surface area contributed by atoms with E-state index in [4.69, 9.17) is 9.47 Å². The molecule has 0 aliphatic rings. The van der Waals surface area contributed by atoms with Crippen molar-refractivity contribution in [2.24, 2.45) is 0 Å². The first-order valence-corrected chi connectivity index (χ1v) is 8.58. The van der Waals surface area contributed by atoms with E-state index in [9.17, 15) is 9.59 Å². The molecule has 0 aliphatic heterocycles. The quantitative estimate of drug-likeness (QED) is 0.611. The maximum Gasteiger partial charge on any atom is 0.338 e. The second kappa shape index (κ2) is 9.04. The molecular formula is C21H25NO4. The molecule has 0 unspecified atom stereocenters. The van der Waals surface area contributed by atoms with Gasteiger partial charge < -0.3 is 14.8 Å². The number of carbonyl (C=O) groups excluding carboxylic acids is 2. The summed E-state index contributed by atoms with van der Waals surface area (Å²) in [6.45, 7) is 6.68. The van der Waals surface area contributed by atoms with E-state index >= 15 is 0 Å². The van der Waals surface area contributed by atoms with Crippen LogP contribution in [0.25, 0.3) is 0 Å². The van der Waals surface area contributed by atoms with Gasteiger partial charge in [0.15, 0.2) is 6.61 Å². The van der Waals surface area contributed by atoms with Crippen LogP contribution in [0.4, 0.5) is 0 Å². The monoisotopic (exact) mass is 355 g/mol. The minimum atomic E-state index is -0.513. The molecule has 26 heavy (non-hydrogen) atoms. The molecule has 1 amide bonds. The Kier molecular flexibility index (Phi) is 6.78. The number of hydrogen-bond donors (Lipinski definition) is 1. The van der Waals surface area contributed by atoms with Gasteiger partial charge in [-0.15, -0.1) is 0 Å². The van der Waals surface area contributed by atoms with E-state index in [2.05, 4.69) is 26.1 Å². The third kappa shape index (κ3) is 6.24. The van der Waals surface area contributed by atoms with Crippen molar-refractivity contribution in [3.05, 3.63) is 65.7 Å². The molecule has 0 heterocycles. The third-order valence-electron chi connectivity index (χ3n) is 3.76. The lowest BCUT2D eigenvalue weighted by atomic mass is 9.87. The predicted octanol–water partition coefficient (Wildman–Crippen LogP) is 3.34. The minimum Gasteiger partial charge on any atom is -0.492 e. The van der Waals surface area contributed by atoms with Crippen LogP contribution >= 0.6 is 0 Å². The highest BCUT2D eigenvalue weighted by atomic mass is 16.5. The highest BCUT2D eigenvalue weighted by Crippen LogP contribution is 2.22. The fraction of sp³-hybridized carbons (Fsp3) is 0.333. The van der Waals surface area contributed by atoms with Gasteiger partial charge in [0, 0.05) is 0 Å². The zero-order valence-corrected chi connectivity index (χ0v) is 15.5. The Morgan fingerprint density at radius 2 is 1.62 bits per heavy atom. The molecule has 138 valence electrons. The Balaban J connectivity index is 1.69. The Bertz CT molecular complexity index is 718. The van der Waals surface area contributed by atoms with E-state index in [1.165, 1.54) is 0 Å². The number of esters is 1. The fourth-order valence-corrected chi connectivity index (χ4v) is 2.25. The lowest BCUT2D eigenvalue weighted by Crippen LogP contribution is -2.32. The van der Waals surface area contributed by atoms with Crippen molar-refractivity contribution in [1.82, 2.24) is 5.32 Å². The lowest BCUT2D eigenvalue weighted by molar-refractivity contribution is -0.124. The molecule has 0 spiro atoms. The highest BCUT2D eigenvalue weighted by Gasteiger charge is 2.15. The van der Waals surface area contributed by atoms with E-state index in [1.807, 2.05) is 42.5 Å². The fourth-order valence-electron chi connectivity index (χ4n) is 2.25. The van der Waals surface area contributed by atoms with Crippen LogP contribution in [0.3, 0.4) is 0 Å². The molecular weight excluding hydrogens is 330 g/mol. The molecule has 0 radical (unpaired) electrons. The summed E-state index contributed by atoms with van der Waals surface area (Å²) in [5, 5.41) is 2.65. The lowest BCUT2D eigenvalue weighted by Gasteiger charge is -2.18. The van der Waals surface area contributed by atoms with E-state index in [0.717, 1.165) is 11.3 Å². The summed E-state index contributed by atoms with van der Waals surface area (Å²) in [7, 11) is 0. The van der Waals surface area contributed by atoms with Crippen LogP contribution in [-0.4, -0.2) is 31.6 Å². The van der Waals surface area contributed by atoms with E-state index < -0.39 is 5.97 Å². The van der Waals surface area contributed by atoms with Gasteiger partial charge in [0.25, 0.3) is 5.91 Å². The molecule has 0 aromatic heterocycles. The van der Waals surface area contributed by atoms with Gasteiger partial charge >= 0.3 is 5.97 Å². The van der Waals surface area contributed by atoms with Crippen molar-refractivity contribution < 1.29 is 19.1 Å². The standard InChI is InChI=1S/C21H25NO4/c1-21(2,3)17-11-9-16(10-12-17)20(24)26-15-19(23)22-13-14-25-18-7-5-4-6-8-18/h4-12H,13-15H2,1-3H3,(H,22,23). The Hall–Kier alpha value is -2.82. The van der Waals surface area contributed by atoms with Gasteiger partial charge in [-0.3, -0.25) is 4.79 Å². The van der Waals surface area contributed by atoms with Crippen molar-refractivity contribution in [2.45, 2.75) is 26.2 Å². The average molecular weight is 355 g/mol. The molecule has 2 aromatic carbocycles. The second-order valence-electron chi connectivity index (χ2n) is 6.91. The molecule has 5 heteroatoms. The number of benzene rings is 2. The third-order valence-corrected chi connectivity index (χ3v) is 3.76. The van der Waals surface area contributed by atoms with Crippen LogP contribution in [0.1, 0.15) is 36.7 Å². The van der Waals surface area contributed by atoms with Gasteiger partial charge in [-0.25, -0.2) is 4.79 Å². The Morgan fingerprint density at radius 1 is 0.962 bits per heavy atom. The first-order chi connectivity index (χ1) is 12.4. The molecule has 0 fully saturated rings. The van der Waals surface area contributed by atoms with Crippen molar-refractivity contribution >= 4 is 11.9 Å². The molecule has 2 aromatic rings. The molecule has 1 N–H and O–H groups in total. The van der Waals surface area contributed by atoms with Gasteiger partial charge in [-0.2, -0.15) is 0 Å². The zero-order chi connectivity index (χ0) is 19.0. The summed E-state index contributed by atoms with van der Waals surface area (Å²) in [6.07, 6.45) is 0. The molecule has 5 nitrogen and oxygen atoms in total. The smallest absolute Gasteiger partial charge is 0.338 e. The van der Waals surface area contributed by atoms with Crippen LogP contribution in [-0.2, 0) is 14.9 Å². The van der Waals surface area contributed by atoms with Crippen LogP contribution in [0.5, 0.6) is 5.75 Å². The van der Waals surface area contributed by atoms with Gasteiger partial charge in [0.1, 0.15) is 12.4 Å². The van der Waals surface area contributed by atoms with Gasteiger partial charge in [0.2, 0.25) is 0 Å². The molecule has 2 rings (SSSR count). The topological polar surface area (TPSA) is 64.6 Å². The molecule has 0 aliphatic carbocycles. The summed E-state index contributed by atoms with van der Waals surface area (Å²) in [4.78, 5) is 23.7. The number of nitrogens with one attached hydrogen (secondary N) is 1. The van der Waals surface area contributed by atoms with Gasteiger partial charge in [-0.1, -0.05) is 51.1 Å². The first kappa shape index (κ1) is 19.5. The number of para-hydroxylation sites is 1. The van der Waals surface area contributed by atoms with Crippen molar-refractivity contribution in [2.75, 3.05) is 19.8 Å². The molecule has 0 atom stereocenters. The van der Waals surface area contributed by atoms with Crippen molar-refractivity contribution in [3.63, 3.8) is 0 Å². The number of hydrogen-bond acceptors (Lipinski definition) is 4. The van der Waals surface area contributed by atoms with E-state index in [0.29, 0.717) is 18.7 Å². The van der Waals surface area contributed by atoms with Gasteiger partial charge in [0.05, 0.1) is 12.1 Å². The molecule has 0 bridgehead atoms.